The third-order valence-corrected chi connectivity index (χ3v) is 5.67. The predicted octanol–water partition coefficient (Wildman–Crippen LogP) is 4.46. The Kier molecular flexibility index (Phi) is 5.13. The van der Waals surface area contributed by atoms with E-state index >= 15 is 0 Å². The zero-order valence-electron chi connectivity index (χ0n) is 19.5. The molecule has 5 aromatic rings. The van der Waals surface area contributed by atoms with Crippen LogP contribution in [0.2, 0.25) is 0 Å². The standard InChI is InChI=1S/C25H23N7O3/c1-14(24-30-29-15(2)34-24)33-25-20(35-17-9-10-17)11-19-23(28-25)22(27-13-26-19)18-12-32(3)31-21(18)16-7-5-4-6-8-16/h4-8,11-14,17H,9-10H2,1-3H3. The van der Waals surface area contributed by atoms with Crippen LogP contribution in [-0.2, 0) is 7.05 Å². The minimum Gasteiger partial charge on any atom is -0.485 e. The van der Waals surface area contributed by atoms with Crippen LogP contribution >= 0.6 is 0 Å². The Morgan fingerprint density at radius 1 is 1.09 bits per heavy atom. The Morgan fingerprint density at radius 3 is 2.66 bits per heavy atom. The normalized spacial score (nSPS) is 14.3. The molecule has 1 atom stereocenters. The summed E-state index contributed by atoms with van der Waals surface area (Å²) in [5, 5.41) is 12.7. The van der Waals surface area contributed by atoms with Gasteiger partial charge in [0, 0.05) is 37.4 Å². The van der Waals surface area contributed by atoms with E-state index in [1.54, 1.807) is 11.6 Å². The van der Waals surface area contributed by atoms with Crippen molar-refractivity contribution in [3.63, 3.8) is 0 Å². The second kappa shape index (κ2) is 8.46. The van der Waals surface area contributed by atoms with Gasteiger partial charge in [-0.25, -0.2) is 15.0 Å². The van der Waals surface area contributed by atoms with Gasteiger partial charge in [-0.15, -0.1) is 10.2 Å². The molecule has 0 N–H and O–H groups in total. The summed E-state index contributed by atoms with van der Waals surface area (Å²) in [5.74, 6) is 1.69. The summed E-state index contributed by atoms with van der Waals surface area (Å²) >= 11 is 0. The molecular weight excluding hydrogens is 446 g/mol. The Bertz CT molecular complexity index is 1510. The molecule has 4 heterocycles. The van der Waals surface area contributed by atoms with E-state index in [0.29, 0.717) is 40.1 Å². The fraction of sp³-hybridized carbons (Fsp3) is 0.280. The largest absolute Gasteiger partial charge is 0.485 e. The van der Waals surface area contributed by atoms with Gasteiger partial charge in [-0.1, -0.05) is 30.3 Å². The smallest absolute Gasteiger partial charge is 0.258 e. The van der Waals surface area contributed by atoms with E-state index in [-0.39, 0.29) is 6.10 Å². The van der Waals surface area contributed by atoms with Crippen LogP contribution in [0, 0.1) is 6.92 Å². The lowest BCUT2D eigenvalue weighted by Gasteiger charge is -2.16. The average molecular weight is 470 g/mol. The summed E-state index contributed by atoms with van der Waals surface area (Å²) in [6.07, 6.45) is 5.11. The highest BCUT2D eigenvalue weighted by molar-refractivity contribution is 5.94. The minimum atomic E-state index is -0.519. The molecule has 0 radical (unpaired) electrons. The summed E-state index contributed by atoms with van der Waals surface area (Å²) in [6.45, 7) is 3.57. The van der Waals surface area contributed by atoms with E-state index < -0.39 is 6.10 Å². The molecule has 0 amide bonds. The highest BCUT2D eigenvalue weighted by Gasteiger charge is 2.28. The van der Waals surface area contributed by atoms with Crippen molar-refractivity contribution in [3.05, 3.63) is 60.7 Å². The van der Waals surface area contributed by atoms with E-state index in [9.17, 15) is 0 Å². The number of pyridine rings is 1. The van der Waals surface area contributed by atoms with Crippen LogP contribution in [0.3, 0.4) is 0 Å². The molecule has 10 nitrogen and oxygen atoms in total. The molecule has 1 aliphatic rings. The number of benzene rings is 1. The Morgan fingerprint density at radius 2 is 1.91 bits per heavy atom. The van der Waals surface area contributed by atoms with Crippen molar-refractivity contribution in [1.82, 2.24) is 34.9 Å². The SMILES string of the molecule is Cc1nnc(C(C)Oc2nc3c(-c4cn(C)nc4-c4ccccc4)ncnc3cc2OC2CC2)o1. The van der Waals surface area contributed by atoms with Crippen molar-refractivity contribution < 1.29 is 13.9 Å². The summed E-state index contributed by atoms with van der Waals surface area (Å²) in [5.41, 5.74) is 4.55. The quantitative estimate of drug-likeness (QED) is 0.341. The molecule has 6 rings (SSSR count). The lowest BCUT2D eigenvalue weighted by molar-refractivity contribution is 0.167. The maximum atomic E-state index is 6.18. The molecule has 10 heteroatoms. The molecule has 1 saturated carbocycles. The van der Waals surface area contributed by atoms with Crippen molar-refractivity contribution in [3.8, 4) is 34.1 Å². The number of aromatic nitrogens is 7. The van der Waals surface area contributed by atoms with Crippen molar-refractivity contribution in [2.75, 3.05) is 0 Å². The number of rotatable bonds is 7. The van der Waals surface area contributed by atoms with Gasteiger partial charge in [-0.3, -0.25) is 4.68 Å². The fourth-order valence-electron chi connectivity index (χ4n) is 3.85. The zero-order valence-corrected chi connectivity index (χ0v) is 19.5. The first-order valence-electron chi connectivity index (χ1n) is 11.4. The van der Waals surface area contributed by atoms with Gasteiger partial charge >= 0.3 is 0 Å². The molecule has 0 bridgehead atoms. The van der Waals surface area contributed by atoms with E-state index in [0.717, 1.165) is 29.7 Å². The zero-order chi connectivity index (χ0) is 23.9. The van der Waals surface area contributed by atoms with Gasteiger partial charge in [-0.2, -0.15) is 5.10 Å². The third-order valence-electron chi connectivity index (χ3n) is 5.67. The Balaban J connectivity index is 1.48. The van der Waals surface area contributed by atoms with Gasteiger partial charge in [0.05, 0.1) is 11.6 Å². The minimum absolute atomic E-state index is 0.155. The van der Waals surface area contributed by atoms with Crippen molar-refractivity contribution in [2.24, 2.45) is 7.05 Å². The van der Waals surface area contributed by atoms with Crippen LogP contribution in [0.25, 0.3) is 33.5 Å². The fourth-order valence-corrected chi connectivity index (χ4v) is 3.85. The third kappa shape index (κ3) is 4.18. The van der Waals surface area contributed by atoms with Crippen LogP contribution in [0.1, 0.15) is 37.7 Å². The molecule has 1 aromatic carbocycles. The second-order valence-electron chi connectivity index (χ2n) is 8.55. The Labute approximate surface area is 201 Å². The van der Waals surface area contributed by atoms with Crippen LogP contribution in [0.4, 0.5) is 0 Å². The molecular formula is C25H23N7O3. The van der Waals surface area contributed by atoms with Crippen LogP contribution < -0.4 is 9.47 Å². The van der Waals surface area contributed by atoms with Gasteiger partial charge in [0.15, 0.2) is 11.9 Å². The number of hydrogen-bond donors (Lipinski definition) is 0. The average Bonchev–Trinajstić information content (AvgIpc) is 3.43. The maximum absolute atomic E-state index is 6.18. The number of ether oxygens (including phenoxy) is 2. The summed E-state index contributed by atoms with van der Waals surface area (Å²) in [7, 11) is 1.89. The summed E-state index contributed by atoms with van der Waals surface area (Å²) in [4.78, 5) is 13.9. The van der Waals surface area contributed by atoms with Gasteiger partial charge in [0.1, 0.15) is 23.2 Å². The van der Waals surface area contributed by atoms with Crippen LogP contribution in [0.5, 0.6) is 11.6 Å². The Hall–Kier alpha value is -4.34. The second-order valence-corrected chi connectivity index (χ2v) is 8.55. The van der Waals surface area contributed by atoms with Gasteiger partial charge in [0.2, 0.25) is 5.89 Å². The van der Waals surface area contributed by atoms with Gasteiger partial charge in [-0.05, 0) is 19.8 Å². The van der Waals surface area contributed by atoms with Crippen LogP contribution in [0.15, 0.2) is 53.3 Å². The molecule has 176 valence electrons. The highest BCUT2D eigenvalue weighted by Crippen LogP contribution is 2.39. The molecule has 1 unspecified atom stereocenters. The van der Waals surface area contributed by atoms with E-state index in [1.165, 1.54) is 6.33 Å². The number of hydrogen-bond acceptors (Lipinski definition) is 9. The highest BCUT2D eigenvalue weighted by atomic mass is 16.5. The molecule has 0 saturated heterocycles. The number of fused-ring (bicyclic) bond motifs is 1. The monoisotopic (exact) mass is 469 g/mol. The first-order valence-corrected chi connectivity index (χ1v) is 11.4. The first-order chi connectivity index (χ1) is 17.0. The number of aryl methyl sites for hydroxylation is 2. The molecule has 35 heavy (non-hydrogen) atoms. The van der Waals surface area contributed by atoms with Crippen molar-refractivity contribution >= 4 is 11.0 Å². The molecule has 1 fully saturated rings. The van der Waals surface area contributed by atoms with Crippen molar-refractivity contribution in [2.45, 2.75) is 38.9 Å². The molecule has 0 aliphatic heterocycles. The molecule has 4 aromatic heterocycles. The lowest BCUT2D eigenvalue weighted by Crippen LogP contribution is -2.08. The van der Waals surface area contributed by atoms with Gasteiger partial charge < -0.3 is 13.9 Å². The summed E-state index contributed by atoms with van der Waals surface area (Å²) in [6, 6.07) is 11.8. The molecule has 0 spiro atoms. The molecule has 1 aliphatic carbocycles. The van der Waals surface area contributed by atoms with Crippen LogP contribution in [-0.4, -0.2) is 41.0 Å². The first kappa shape index (κ1) is 21.2. The van der Waals surface area contributed by atoms with E-state index in [2.05, 4.69) is 25.3 Å². The van der Waals surface area contributed by atoms with E-state index in [1.807, 2.05) is 56.6 Å². The maximum Gasteiger partial charge on any atom is 0.258 e. The summed E-state index contributed by atoms with van der Waals surface area (Å²) < 4.78 is 19.6. The lowest BCUT2D eigenvalue weighted by atomic mass is 10.0. The van der Waals surface area contributed by atoms with Gasteiger partial charge in [0.25, 0.3) is 11.8 Å². The topological polar surface area (TPSA) is 114 Å². The number of nitrogens with zero attached hydrogens (tertiary/aromatic N) is 7. The van der Waals surface area contributed by atoms with Crippen molar-refractivity contribution in [1.29, 1.82) is 0 Å². The predicted molar refractivity (Wildman–Crippen MR) is 127 cm³/mol. The van der Waals surface area contributed by atoms with E-state index in [4.69, 9.17) is 18.9 Å².